The maximum absolute atomic E-state index is 13.1. The third-order valence-corrected chi connectivity index (χ3v) is 5.52. The number of nitrogens with one attached hydrogen (secondary N) is 3. The van der Waals surface area contributed by atoms with Crippen LogP contribution in [0.5, 0.6) is 11.5 Å². The summed E-state index contributed by atoms with van der Waals surface area (Å²) in [5.74, 6) is 0.960. The monoisotopic (exact) mass is 443 g/mol. The first-order valence-corrected chi connectivity index (χ1v) is 11.0. The van der Waals surface area contributed by atoms with Gasteiger partial charge in [0.2, 0.25) is 0 Å². The maximum atomic E-state index is 13.1. The van der Waals surface area contributed by atoms with Crippen molar-refractivity contribution >= 4 is 28.6 Å². The van der Waals surface area contributed by atoms with E-state index in [1.807, 2.05) is 48.5 Å². The lowest BCUT2D eigenvalue weighted by molar-refractivity contribution is -0.110. The number of ether oxygens (including phenoxy) is 2. The molecule has 6 heteroatoms. The summed E-state index contributed by atoms with van der Waals surface area (Å²) < 4.78 is 10.9. The Morgan fingerprint density at radius 2 is 1.61 bits per heavy atom. The Kier molecular flexibility index (Phi) is 6.66. The summed E-state index contributed by atoms with van der Waals surface area (Å²) in [6.45, 7) is 5.06. The lowest BCUT2D eigenvalue weighted by atomic mass is 9.99. The number of hydrogen-bond acceptors (Lipinski definition) is 5. The Bertz CT molecular complexity index is 1170. The van der Waals surface area contributed by atoms with E-state index in [2.05, 4.69) is 41.9 Å². The molecule has 4 rings (SSSR count). The number of hydrogen-bond donors (Lipinski definition) is 3. The van der Waals surface area contributed by atoms with Crippen molar-refractivity contribution in [3.8, 4) is 11.5 Å². The van der Waals surface area contributed by atoms with Crippen LogP contribution in [-0.2, 0) is 11.3 Å². The molecular formula is C27H29N3O3. The Hall–Kier alpha value is -3.77. The van der Waals surface area contributed by atoms with E-state index in [-0.39, 0.29) is 5.91 Å². The fourth-order valence-electron chi connectivity index (χ4n) is 3.80. The minimum atomic E-state index is -0.176. The minimum absolute atomic E-state index is 0.176. The summed E-state index contributed by atoms with van der Waals surface area (Å²) in [6, 6.07) is 22.1. The molecule has 3 N–H and O–H groups in total. The van der Waals surface area contributed by atoms with Gasteiger partial charge in [-0.2, -0.15) is 0 Å². The van der Waals surface area contributed by atoms with E-state index in [0.717, 1.165) is 29.1 Å². The largest absolute Gasteiger partial charge is 0.493 e. The van der Waals surface area contributed by atoms with E-state index in [9.17, 15) is 4.79 Å². The first-order chi connectivity index (χ1) is 16.0. The van der Waals surface area contributed by atoms with E-state index in [4.69, 9.17) is 9.47 Å². The molecule has 0 bridgehead atoms. The summed E-state index contributed by atoms with van der Waals surface area (Å²) in [6.07, 6.45) is 0. The van der Waals surface area contributed by atoms with Crippen molar-refractivity contribution in [1.29, 1.82) is 0 Å². The molecule has 170 valence electrons. The highest BCUT2D eigenvalue weighted by atomic mass is 16.5. The molecule has 3 aromatic carbocycles. The molecule has 1 aliphatic rings. The van der Waals surface area contributed by atoms with Crippen molar-refractivity contribution in [2.75, 3.05) is 24.9 Å². The molecule has 33 heavy (non-hydrogen) atoms. The number of carbonyl (C=O) groups excluding carboxylic acids is 1. The van der Waals surface area contributed by atoms with Crippen LogP contribution in [-0.4, -0.2) is 26.2 Å². The highest BCUT2D eigenvalue weighted by Crippen LogP contribution is 2.43. The predicted molar refractivity (Wildman–Crippen MR) is 133 cm³/mol. The van der Waals surface area contributed by atoms with Crippen molar-refractivity contribution in [2.45, 2.75) is 26.4 Å². The molecule has 1 aliphatic heterocycles. The smallest absolute Gasteiger partial charge is 0.258 e. The van der Waals surface area contributed by atoms with Crippen LogP contribution in [0.2, 0.25) is 0 Å². The topological polar surface area (TPSA) is 71.6 Å². The molecule has 0 saturated carbocycles. The molecule has 0 atom stereocenters. The number of carbonyl (C=O) groups is 1. The summed E-state index contributed by atoms with van der Waals surface area (Å²) in [5.41, 5.74) is 5.76. The zero-order valence-electron chi connectivity index (χ0n) is 19.4. The van der Waals surface area contributed by atoms with Crippen LogP contribution in [0.25, 0.3) is 11.3 Å². The van der Waals surface area contributed by atoms with Gasteiger partial charge in [-0.15, -0.1) is 0 Å². The van der Waals surface area contributed by atoms with Crippen LogP contribution in [0.3, 0.4) is 0 Å². The van der Waals surface area contributed by atoms with Gasteiger partial charge < -0.3 is 25.4 Å². The predicted octanol–water partition coefficient (Wildman–Crippen LogP) is 5.13. The van der Waals surface area contributed by atoms with Gasteiger partial charge in [-0.3, -0.25) is 4.79 Å². The lowest BCUT2D eigenvalue weighted by Crippen LogP contribution is -2.21. The summed E-state index contributed by atoms with van der Waals surface area (Å²) in [4.78, 5) is 13.1. The van der Waals surface area contributed by atoms with E-state index in [1.54, 1.807) is 20.3 Å². The second kappa shape index (κ2) is 9.79. The van der Waals surface area contributed by atoms with Crippen LogP contribution >= 0.6 is 0 Å². The van der Waals surface area contributed by atoms with Crippen molar-refractivity contribution in [3.05, 3.63) is 83.4 Å². The number of benzene rings is 3. The third-order valence-electron chi connectivity index (χ3n) is 5.52. The average molecular weight is 444 g/mol. The first kappa shape index (κ1) is 22.4. The highest BCUT2D eigenvalue weighted by Gasteiger charge is 2.30. The van der Waals surface area contributed by atoms with E-state index in [1.165, 1.54) is 5.56 Å². The van der Waals surface area contributed by atoms with Gasteiger partial charge in [-0.05, 0) is 29.3 Å². The summed E-state index contributed by atoms with van der Waals surface area (Å²) in [5, 5.41) is 9.88. The van der Waals surface area contributed by atoms with E-state index < -0.39 is 0 Å². The first-order valence-electron chi connectivity index (χ1n) is 11.0. The highest BCUT2D eigenvalue weighted by molar-refractivity contribution is 6.37. The van der Waals surface area contributed by atoms with Gasteiger partial charge in [0.15, 0.2) is 11.5 Å². The van der Waals surface area contributed by atoms with Crippen LogP contribution in [0.1, 0.15) is 30.5 Å². The van der Waals surface area contributed by atoms with E-state index >= 15 is 0 Å². The SMILES string of the molecule is COc1cc2c(cc1OC)C(=C(Nc1ccc(CNC(C)C)cc1)c1ccccc1)C(=O)N2. The Labute approximate surface area is 194 Å². The Morgan fingerprint density at radius 3 is 2.24 bits per heavy atom. The lowest BCUT2D eigenvalue weighted by Gasteiger charge is -2.16. The van der Waals surface area contributed by atoms with Crippen LogP contribution in [0, 0.1) is 0 Å². The second-order valence-electron chi connectivity index (χ2n) is 8.18. The van der Waals surface area contributed by atoms with Gasteiger partial charge in [-0.1, -0.05) is 56.3 Å². The molecule has 0 unspecified atom stereocenters. The molecule has 0 aromatic heterocycles. The van der Waals surface area contributed by atoms with Crippen molar-refractivity contribution in [3.63, 3.8) is 0 Å². The van der Waals surface area contributed by atoms with Crippen molar-refractivity contribution in [2.24, 2.45) is 0 Å². The normalized spacial score (nSPS) is 14.0. The van der Waals surface area contributed by atoms with Gasteiger partial charge in [0.1, 0.15) is 0 Å². The second-order valence-corrected chi connectivity index (χ2v) is 8.18. The fourth-order valence-corrected chi connectivity index (χ4v) is 3.80. The van der Waals surface area contributed by atoms with Gasteiger partial charge >= 0.3 is 0 Å². The van der Waals surface area contributed by atoms with Crippen molar-refractivity contribution < 1.29 is 14.3 Å². The van der Waals surface area contributed by atoms with E-state index in [0.29, 0.717) is 28.8 Å². The minimum Gasteiger partial charge on any atom is -0.493 e. The number of amides is 1. The molecule has 0 radical (unpaired) electrons. The molecule has 0 spiro atoms. The fraction of sp³-hybridized carbons (Fsp3) is 0.222. The molecular weight excluding hydrogens is 414 g/mol. The number of anilines is 2. The summed E-state index contributed by atoms with van der Waals surface area (Å²) >= 11 is 0. The standard InChI is InChI=1S/C27H29N3O3/c1-17(2)28-16-18-10-12-20(13-11-18)29-26(19-8-6-5-7-9-19)25-21-14-23(32-3)24(33-4)15-22(21)30-27(25)31/h5-15,17,28-29H,16H2,1-4H3,(H,30,31). The Morgan fingerprint density at radius 1 is 0.939 bits per heavy atom. The van der Waals surface area contributed by atoms with Crippen molar-refractivity contribution in [1.82, 2.24) is 5.32 Å². The number of fused-ring (bicyclic) bond motifs is 1. The third kappa shape index (κ3) is 4.86. The van der Waals surface area contributed by atoms with Gasteiger partial charge in [0.05, 0.1) is 31.2 Å². The number of methoxy groups -OCH3 is 2. The zero-order valence-corrected chi connectivity index (χ0v) is 19.4. The van der Waals surface area contributed by atoms with Crippen LogP contribution < -0.4 is 25.4 Å². The molecule has 1 heterocycles. The maximum Gasteiger partial charge on any atom is 0.258 e. The molecule has 6 nitrogen and oxygen atoms in total. The Balaban J connectivity index is 1.77. The molecule has 0 aliphatic carbocycles. The molecule has 1 amide bonds. The average Bonchev–Trinajstić information content (AvgIpc) is 3.15. The van der Waals surface area contributed by atoms with Gasteiger partial charge in [-0.25, -0.2) is 0 Å². The number of rotatable bonds is 8. The molecule has 0 fully saturated rings. The molecule has 3 aromatic rings. The van der Waals surface area contributed by atoms with Crippen LogP contribution in [0.15, 0.2) is 66.7 Å². The summed E-state index contributed by atoms with van der Waals surface area (Å²) in [7, 11) is 3.17. The van der Waals surface area contributed by atoms with Crippen LogP contribution in [0.4, 0.5) is 11.4 Å². The van der Waals surface area contributed by atoms with Gasteiger partial charge in [0, 0.05) is 29.9 Å². The zero-order chi connectivity index (χ0) is 23.4. The quantitative estimate of drug-likeness (QED) is 0.421. The van der Waals surface area contributed by atoms with Gasteiger partial charge in [0.25, 0.3) is 5.91 Å². The molecule has 0 saturated heterocycles.